The van der Waals surface area contributed by atoms with Gasteiger partial charge in [-0.15, -0.1) is 0 Å². The minimum absolute atomic E-state index is 0.113. The van der Waals surface area contributed by atoms with E-state index in [1.165, 1.54) is 0 Å². The predicted molar refractivity (Wildman–Crippen MR) is 63.9 cm³/mol. The number of hydrogen-bond donors (Lipinski definition) is 1. The molecule has 19 heavy (non-hydrogen) atoms. The largest absolute Gasteiger partial charge is 0.481 e. The standard InChI is InChI=1S/C12H16N2O5/c1-7-11(19-8(2)13-7)12(17)14-3-4-18-9(6-14)5-10(15)16/h9H,3-6H2,1-2H3,(H,15,16). The fourth-order valence-electron chi connectivity index (χ4n) is 2.10. The number of carbonyl (C=O) groups excluding carboxylic acids is 1. The maximum atomic E-state index is 12.3. The summed E-state index contributed by atoms with van der Waals surface area (Å²) in [7, 11) is 0. The number of oxazole rings is 1. The second-order valence-corrected chi connectivity index (χ2v) is 4.49. The molecule has 0 spiro atoms. The van der Waals surface area contributed by atoms with E-state index in [1.807, 2.05) is 0 Å². The van der Waals surface area contributed by atoms with E-state index < -0.39 is 12.1 Å². The van der Waals surface area contributed by atoms with Crippen LogP contribution in [0.2, 0.25) is 0 Å². The van der Waals surface area contributed by atoms with Gasteiger partial charge in [0.25, 0.3) is 5.91 Å². The molecule has 1 aliphatic rings. The molecule has 1 aliphatic heterocycles. The summed E-state index contributed by atoms with van der Waals surface area (Å²) in [5, 5.41) is 8.74. The lowest BCUT2D eigenvalue weighted by Crippen LogP contribution is -2.46. The third-order valence-corrected chi connectivity index (χ3v) is 2.93. The Hall–Kier alpha value is -1.89. The number of aromatic nitrogens is 1. The first-order valence-electron chi connectivity index (χ1n) is 6.04. The quantitative estimate of drug-likeness (QED) is 0.863. The molecule has 7 nitrogen and oxygen atoms in total. The fourth-order valence-corrected chi connectivity index (χ4v) is 2.10. The molecule has 1 aromatic heterocycles. The summed E-state index contributed by atoms with van der Waals surface area (Å²) in [5.74, 6) is -0.549. The van der Waals surface area contributed by atoms with Gasteiger partial charge in [0.2, 0.25) is 5.76 Å². The van der Waals surface area contributed by atoms with Crippen molar-refractivity contribution >= 4 is 11.9 Å². The van der Waals surface area contributed by atoms with Crippen molar-refractivity contribution < 1.29 is 23.8 Å². The molecule has 1 aromatic rings. The summed E-state index contributed by atoms with van der Waals surface area (Å²) in [6.45, 7) is 4.39. The van der Waals surface area contributed by atoms with E-state index in [4.69, 9.17) is 14.3 Å². The number of carbonyl (C=O) groups is 2. The van der Waals surface area contributed by atoms with Gasteiger partial charge in [-0.25, -0.2) is 4.98 Å². The van der Waals surface area contributed by atoms with Crippen molar-refractivity contribution in [3.05, 3.63) is 17.3 Å². The van der Waals surface area contributed by atoms with Crippen LogP contribution in [0.1, 0.15) is 28.6 Å². The number of amides is 1. The van der Waals surface area contributed by atoms with Crippen LogP contribution in [0.15, 0.2) is 4.42 Å². The minimum atomic E-state index is -0.939. The number of nitrogens with zero attached hydrogens (tertiary/aromatic N) is 2. The van der Waals surface area contributed by atoms with E-state index in [-0.39, 0.29) is 24.6 Å². The first kappa shape index (κ1) is 13.5. The van der Waals surface area contributed by atoms with E-state index in [0.29, 0.717) is 24.7 Å². The maximum absolute atomic E-state index is 12.3. The molecule has 104 valence electrons. The SMILES string of the molecule is Cc1nc(C)c(C(=O)N2CCOC(CC(=O)O)C2)o1. The van der Waals surface area contributed by atoms with Gasteiger partial charge in [-0.1, -0.05) is 0 Å². The fraction of sp³-hybridized carbons (Fsp3) is 0.583. The number of ether oxygens (including phenoxy) is 1. The van der Waals surface area contributed by atoms with Crippen LogP contribution in [0.3, 0.4) is 0 Å². The Balaban J connectivity index is 2.07. The summed E-state index contributed by atoms with van der Waals surface area (Å²) in [4.78, 5) is 28.5. The monoisotopic (exact) mass is 268 g/mol. The topological polar surface area (TPSA) is 92.9 Å². The summed E-state index contributed by atoms with van der Waals surface area (Å²) >= 11 is 0. The molecule has 0 bridgehead atoms. The van der Waals surface area contributed by atoms with Crippen molar-refractivity contribution in [2.24, 2.45) is 0 Å². The van der Waals surface area contributed by atoms with Gasteiger partial charge in [0.05, 0.1) is 24.8 Å². The molecular formula is C12H16N2O5. The number of aryl methyl sites for hydroxylation is 2. The molecule has 0 aliphatic carbocycles. The molecule has 2 heterocycles. The van der Waals surface area contributed by atoms with Gasteiger partial charge in [-0.3, -0.25) is 9.59 Å². The maximum Gasteiger partial charge on any atom is 0.306 e. The highest BCUT2D eigenvalue weighted by atomic mass is 16.5. The van der Waals surface area contributed by atoms with Crippen molar-refractivity contribution in [1.29, 1.82) is 0 Å². The summed E-state index contributed by atoms with van der Waals surface area (Å²) in [6, 6.07) is 0. The zero-order valence-electron chi connectivity index (χ0n) is 10.9. The van der Waals surface area contributed by atoms with Crippen LogP contribution in [0.25, 0.3) is 0 Å². The minimum Gasteiger partial charge on any atom is -0.481 e. The van der Waals surface area contributed by atoms with Crippen LogP contribution in [0.5, 0.6) is 0 Å². The van der Waals surface area contributed by atoms with Gasteiger partial charge in [-0.05, 0) is 6.92 Å². The van der Waals surface area contributed by atoms with Gasteiger partial charge in [-0.2, -0.15) is 0 Å². The van der Waals surface area contributed by atoms with E-state index in [9.17, 15) is 9.59 Å². The molecule has 2 rings (SSSR count). The summed E-state index contributed by atoms with van der Waals surface area (Å²) < 4.78 is 10.6. The zero-order valence-corrected chi connectivity index (χ0v) is 10.9. The summed E-state index contributed by atoms with van der Waals surface area (Å²) in [5.41, 5.74) is 0.545. The lowest BCUT2D eigenvalue weighted by Gasteiger charge is -2.31. The Kier molecular flexibility index (Phi) is 3.84. The molecule has 0 saturated carbocycles. The molecular weight excluding hydrogens is 252 g/mol. The van der Waals surface area contributed by atoms with Gasteiger partial charge >= 0.3 is 5.97 Å². The second kappa shape index (κ2) is 5.40. The van der Waals surface area contributed by atoms with Crippen LogP contribution in [-0.2, 0) is 9.53 Å². The van der Waals surface area contributed by atoms with Gasteiger partial charge < -0.3 is 19.2 Å². The summed E-state index contributed by atoms with van der Waals surface area (Å²) in [6.07, 6.45) is -0.586. The van der Waals surface area contributed by atoms with Crippen LogP contribution in [0, 0.1) is 13.8 Å². The highest BCUT2D eigenvalue weighted by Gasteiger charge is 2.29. The lowest BCUT2D eigenvalue weighted by molar-refractivity contribution is -0.141. The average Bonchev–Trinajstić information content (AvgIpc) is 2.67. The Bertz CT molecular complexity index is 496. The van der Waals surface area contributed by atoms with Crippen molar-refractivity contribution in [3.8, 4) is 0 Å². The van der Waals surface area contributed by atoms with E-state index in [1.54, 1.807) is 18.7 Å². The number of carboxylic acids is 1. The molecule has 0 aromatic carbocycles. The van der Waals surface area contributed by atoms with E-state index >= 15 is 0 Å². The third kappa shape index (κ3) is 3.11. The Morgan fingerprint density at radius 2 is 2.21 bits per heavy atom. The number of hydrogen-bond acceptors (Lipinski definition) is 5. The second-order valence-electron chi connectivity index (χ2n) is 4.49. The molecule has 1 amide bonds. The van der Waals surface area contributed by atoms with Crippen molar-refractivity contribution in [1.82, 2.24) is 9.88 Å². The van der Waals surface area contributed by atoms with Crippen LogP contribution in [-0.4, -0.2) is 52.7 Å². The number of rotatable bonds is 3. The van der Waals surface area contributed by atoms with Crippen LogP contribution < -0.4 is 0 Å². The van der Waals surface area contributed by atoms with Gasteiger partial charge in [0, 0.05) is 20.0 Å². The van der Waals surface area contributed by atoms with Gasteiger partial charge in [0.1, 0.15) is 0 Å². The zero-order chi connectivity index (χ0) is 14.0. The number of aliphatic carboxylic acids is 1. The Labute approximate surface area is 110 Å². The van der Waals surface area contributed by atoms with Gasteiger partial charge in [0.15, 0.2) is 5.89 Å². The van der Waals surface area contributed by atoms with E-state index in [2.05, 4.69) is 4.98 Å². The van der Waals surface area contributed by atoms with Crippen LogP contribution >= 0.6 is 0 Å². The molecule has 1 fully saturated rings. The highest BCUT2D eigenvalue weighted by Crippen LogP contribution is 2.16. The molecule has 7 heteroatoms. The van der Waals surface area contributed by atoms with Crippen molar-refractivity contribution in [3.63, 3.8) is 0 Å². The van der Waals surface area contributed by atoms with Crippen molar-refractivity contribution in [2.75, 3.05) is 19.7 Å². The average molecular weight is 268 g/mol. The molecule has 1 N–H and O–H groups in total. The third-order valence-electron chi connectivity index (χ3n) is 2.93. The highest BCUT2D eigenvalue weighted by molar-refractivity contribution is 5.92. The lowest BCUT2D eigenvalue weighted by atomic mass is 10.2. The Morgan fingerprint density at radius 3 is 2.79 bits per heavy atom. The molecule has 0 radical (unpaired) electrons. The van der Waals surface area contributed by atoms with Crippen molar-refractivity contribution in [2.45, 2.75) is 26.4 Å². The molecule has 1 saturated heterocycles. The number of carboxylic acid groups (broad SMARTS) is 1. The normalized spacial score (nSPS) is 19.5. The Morgan fingerprint density at radius 1 is 1.47 bits per heavy atom. The molecule has 1 atom stereocenters. The first-order chi connectivity index (χ1) is 8.97. The smallest absolute Gasteiger partial charge is 0.306 e. The van der Waals surface area contributed by atoms with Crippen LogP contribution in [0.4, 0.5) is 0 Å². The first-order valence-corrected chi connectivity index (χ1v) is 6.04. The molecule has 1 unspecified atom stereocenters. The van der Waals surface area contributed by atoms with E-state index in [0.717, 1.165) is 0 Å². The number of morpholine rings is 1. The predicted octanol–water partition coefficient (Wildman–Crippen LogP) is 0.607.